The summed E-state index contributed by atoms with van der Waals surface area (Å²) in [6.45, 7) is 0. The van der Waals surface area contributed by atoms with Gasteiger partial charge >= 0.3 is 0 Å². The average molecular weight is 272 g/mol. The van der Waals surface area contributed by atoms with Crippen LogP contribution in [0.15, 0.2) is 35.2 Å². The molecule has 1 aromatic carbocycles. The van der Waals surface area contributed by atoms with Crippen LogP contribution in [0.4, 0.5) is 0 Å². The van der Waals surface area contributed by atoms with E-state index < -0.39 is 0 Å². The number of hydrogen-bond acceptors (Lipinski definition) is 5. The Morgan fingerprint density at radius 2 is 1.95 bits per heavy atom. The van der Waals surface area contributed by atoms with Crippen molar-refractivity contribution in [3.05, 3.63) is 35.2 Å². The number of ether oxygens (including phenoxy) is 2. The Labute approximate surface area is 114 Å². The molecule has 0 unspecified atom stereocenters. The highest BCUT2D eigenvalue weighted by atomic mass is 32.1. The van der Waals surface area contributed by atoms with E-state index in [0.717, 1.165) is 33.8 Å². The molecular weight excluding hydrogens is 260 g/mol. The second-order valence-electron chi connectivity index (χ2n) is 3.97. The molecule has 0 amide bonds. The van der Waals surface area contributed by atoms with E-state index >= 15 is 0 Å². The Kier molecular flexibility index (Phi) is 3.05. The van der Waals surface area contributed by atoms with Crippen molar-refractivity contribution < 1.29 is 9.47 Å². The molecule has 0 atom stereocenters. The Balaban J connectivity index is 2.25. The van der Waals surface area contributed by atoms with E-state index in [0.29, 0.717) is 0 Å². The third-order valence-electron chi connectivity index (χ3n) is 2.89. The fraction of sp³-hybridized carbons (Fsp3) is 0.143. The third kappa shape index (κ3) is 2.13. The molecule has 0 aliphatic rings. The van der Waals surface area contributed by atoms with Crippen molar-refractivity contribution in [1.29, 1.82) is 0 Å². The zero-order valence-corrected chi connectivity index (χ0v) is 11.4. The second kappa shape index (κ2) is 4.85. The van der Waals surface area contributed by atoms with Gasteiger partial charge in [0.1, 0.15) is 11.5 Å². The standard InChI is InChI=1S/C14H12N2O2S/c1-17-9-3-4-10-11(5-9)16-12(6-14(10)18-2)13-7-19-8-15-13/h3-8H,1-2H3. The van der Waals surface area contributed by atoms with Gasteiger partial charge in [-0.25, -0.2) is 9.97 Å². The summed E-state index contributed by atoms with van der Waals surface area (Å²) in [6.07, 6.45) is 0. The molecule has 0 saturated heterocycles. The van der Waals surface area contributed by atoms with Crippen molar-refractivity contribution in [1.82, 2.24) is 9.97 Å². The topological polar surface area (TPSA) is 44.2 Å². The van der Waals surface area contributed by atoms with E-state index in [1.165, 1.54) is 0 Å². The molecule has 2 heterocycles. The molecule has 0 aliphatic heterocycles. The number of fused-ring (bicyclic) bond motifs is 1. The average Bonchev–Trinajstić information content (AvgIpc) is 2.99. The Bertz CT molecular complexity index is 711. The molecule has 0 spiro atoms. The summed E-state index contributed by atoms with van der Waals surface area (Å²) in [5.74, 6) is 1.56. The normalized spacial score (nSPS) is 10.6. The van der Waals surface area contributed by atoms with Gasteiger partial charge in [0.15, 0.2) is 0 Å². The van der Waals surface area contributed by atoms with Crippen LogP contribution in [0.3, 0.4) is 0 Å². The van der Waals surface area contributed by atoms with E-state index in [1.54, 1.807) is 31.1 Å². The number of methoxy groups -OCH3 is 2. The molecule has 3 aromatic rings. The molecular formula is C14H12N2O2S. The highest BCUT2D eigenvalue weighted by molar-refractivity contribution is 7.07. The van der Waals surface area contributed by atoms with Crippen molar-refractivity contribution in [3.8, 4) is 22.9 Å². The van der Waals surface area contributed by atoms with E-state index in [2.05, 4.69) is 9.97 Å². The molecule has 19 heavy (non-hydrogen) atoms. The van der Waals surface area contributed by atoms with Crippen LogP contribution in [0.2, 0.25) is 0 Å². The van der Waals surface area contributed by atoms with Gasteiger partial charge < -0.3 is 9.47 Å². The zero-order valence-electron chi connectivity index (χ0n) is 10.6. The summed E-state index contributed by atoms with van der Waals surface area (Å²) >= 11 is 1.54. The zero-order chi connectivity index (χ0) is 13.2. The van der Waals surface area contributed by atoms with Gasteiger partial charge in [0.25, 0.3) is 0 Å². The molecule has 96 valence electrons. The first-order valence-electron chi connectivity index (χ1n) is 5.73. The van der Waals surface area contributed by atoms with Gasteiger partial charge in [-0.15, -0.1) is 11.3 Å². The first kappa shape index (κ1) is 11.9. The predicted molar refractivity (Wildman–Crippen MR) is 76.0 cm³/mol. The van der Waals surface area contributed by atoms with Crippen LogP contribution in [0, 0.1) is 0 Å². The van der Waals surface area contributed by atoms with Crippen molar-refractivity contribution in [2.24, 2.45) is 0 Å². The molecule has 3 rings (SSSR count). The highest BCUT2D eigenvalue weighted by Crippen LogP contribution is 2.31. The minimum absolute atomic E-state index is 0.775. The monoisotopic (exact) mass is 272 g/mol. The number of benzene rings is 1. The van der Waals surface area contributed by atoms with E-state index in [-0.39, 0.29) is 0 Å². The van der Waals surface area contributed by atoms with Crippen LogP contribution in [0.25, 0.3) is 22.3 Å². The van der Waals surface area contributed by atoms with Crippen molar-refractivity contribution >= 4 is 22.2 Å². The Hall–Kier alpha value is -2.14. The first-order chi connectivity index (χ1) is 9.31. The van der Waals surface area contributed by atoms with Gasteiger partial charge in [0.2, 0.25) is 0 Å². The van der Waals surface area contributed by atoms with Gasteiger partial charge in [-0.05, 0) is 12.1 Å². The smallest absolute Gasteiger partial charge is 0.130 e. The van der Waals surface area contributed by atoms with Gasteiger partial charge in [0, 0.05) is 22.9 Å². The maximum absolute atomic E-state index is 5.43. The van der Waals surface area contributed by atoms with E-state index in [4.69, 9.17) is 9.47 Å². The van der Waals surface area contributed by atoms with Crippen LogP contribution >= 0.6 is 11.3 Å². The number of thiazole rings is 1. The Morgan fingerprint density at radius 3 is 2.63 bits per heavy atom. The fourth-order valence-electron chi connectivity index (χ4n) is 1.94. The molecule has 0 bridgehead atoms. The largest absolute Gasteiger partial charge is 0.497 e. The number of nitrogens with zero attached hydrogens (tertiary/aromatic N) is 2. The molecule has 4 nitrogen and oxygen atoms in total. The highest BCUT2D eigenvalue weighted by Gasteiger charge is 2.10. The van der Waals surface area contributed by atoms with Gasteiger partial charge in [0.05, 0.1) is 36.6 Å². The second-order valence-corrected chi connectivity index (χ2v) is 4.69. The van der Waals surface area contributed by atoms with Crippen LogP contribution in [-0.2, 0) is 0 Å². The lowest BCUT2D eigenvalue weighted by atomic mass is 10.1. The van der Waals surface area contributed by atoms with E-state index in [1.807, 2.05) is 29.6 Å². The minimum Gasteiger partial charge on any atom is -0.497 e. The van der Waals surface area contributed by atoms with Gasteiger partial charge in [-0.2, -0.15) is 0 Å². The number of hydrogen-bond donors (Lipinski definition) is 0. The lowest BCUT2D eigenvalue weighted by Gasteiger charge is -2.08. The summed E-state index contributed by atoms with van der Waals surface area (Å²) in [6, 6.07) is 7.65. The lowest BCUT2D eigenvalue weighted by Crippen LogP contribution is -1.92. The van der Waals surface area contributed by atoms with Crippen LogP contribution in [-0.4, -0.2) is 24.2 Å². The summed E-state index contributed by atoms with van der Waals surface area (Å²) in [5.41, 5.74) is 4.28. The van der Waals surface area contributed by atoms with Crippen molar-refractivity contribution in [2.45, 2.75) is 0 Å². The number of rotatable bonds is 3. The van der Waals surface area contributed by atoms with Crippen LogP contribution in [0.1, 0.15) is 0 Å². The SMILES string of the molecule is COc1ccc2c(OC)cc(-c3cscn3)nc2c1. The number of aromatic nitrogens is 2. The van der Waals surface area contributed by atoms with Crippen LogP contribution < -0.4 is 9.47 Å². The first-order valence-corrected chi connectivity index (χ1v) is 6.67. The summed E-state index contributed by atoms with van der Waals surface area (Å²) in [5, 5.41) is 2.93. The fourth-order valence-corrected chi connectivity index (χ4v) is 2.49. The minimum atomic E-state index is 0.775. The third-order valence-corrected chi connectivity index (χ3v) is 3.48. The summed E-state index contributed by atoms with van der Waals surface area (Å²) < 4.78 is 10.7. The molecule has 2 aromatic heterocycles. The molecule has 5 heteroatoms. The van der Waals surface area contributed by atoms with E-state index in [9.17, 15) is 0 Å². The molecule has 0 saturated carbocycles. The summed E-state index contributed by atoms with van der Waals surface area (Å²) in [4.78, 5) is 8.90. The quantitative estimate of drug-likeness (QED) is 0.733. The molecule has 0 N–H and O–H groups in total. The number of pyridine rings is 1. The summed E-state index contributed by atoms with van der Waals surface area (Å²) in [7, 11) is 3.30. The maximum atomic E-state index is 5.43. The molecule has 0 aliphatic carbocycles. The van der Waals surface area contributed by atoms with Gasteiger partial charge in [-0.1, -0.05) is 0 Å². The van der Waals surface area contributed by atoms with Crippen molar-refractivity contribution in [3.63, 3.8) is 0 Å². The van der Waals surface area contributed by atoms with Gasteiger partial charge in [-0.3, -0.25) is 0 Å². The maximum Gasteiger partial charge on any atom is 0.130 e. The van der Waals surface area contributed by atoms with Crippen molar-refractivity contribution in [2.75, 3.05) is 14.2 Å². The predicted octanol–water partition coefficient (Wildman–Crippen LogP) is 3.38. The molecule has 0 fully saturated rings. The molecule has 0 radical (unpaired) electrons. The van der Waals surface area contributed by atoms with Crippen LogP contribution in [0.5, 0.6) is 11.5 Å². The lowest BCUT2D eigenvalue weighted by molar-refractivity contribution is 0.414. The Morgan fingerprint density at radius 1 is 1.05 bits per heavy atom.